The first-order valence-corrected chi connectivity index (χ1v) is 8.26. The van der Waals surface area contributed by atoms with Crippen molar-refractivity contribution in [3.05, 3.63) is 53.7 Å². The predicted molar refractivity (Wildman–Crippen MR) is 89.3 cm³/mol. The number of rotatable bonds is 6. The topological polar surface area (TPSA) is 69.6 Å². The molecule has 0 aliphatic heterocycles. The fourth-order valence-corrected chi connectivity index (χ4v) is 3.04. The van der Waals surface area contributed by atoms with Gasteiger partial charge in [0, 0.05) is 6.54 Å². The first-order chi connectivity index (χ1) is 11.2. The quantitative estimate of drug-likeness (QED) is 0.499. The SMILES string of the molecule is C=CCn1c(C)nnc1SCc1nnc(-c2ccccc2Cl)o1. The van der Waals surface area contributed by atoms with Gasteiger partial charge in [-0.15, -0.1) is 27.0 Å². The van der Waals surface area contributed by atoms with Crippen LogP contribution in [0.3, 0.4) is 0 Å². The molecule has 118 valence electrons. The van der Waals surface area contributed by atoms with Crippen LogP contribution >= 0.6 is 23.4 Å². The summed E-state index contributed by atoms with van der Waals surface area (Å²) in [5.41, 5.74) is 0.726. The lowest BCUT2D eigenvalue weighted by Crippen LogP contribution is -2.00. The summed E-state index contributed by atoms with van der Waals surface area (Å²) in [4.78, 5) is 0. The average Bonchev–Trinajstić information content (AvgIpc) is 3.14. The van der Waals surface area contributed by atoms with Crippen LogP contribution in [0, 0.1) is 6.92 Å². The summed E-state index contributed by atoms with van der Waals surface area (Å²) in [6.07, 6.45) is 1.81. The molecule has 0 unspecified atom stereocenters. The minimum absolute atomic E-state index is 0.412. The Morgan fingerprint density at radius 3 is 2.87 bits per heavy atom. The van der Waals surface area contributed by atoms with Gasteiger partial charge in [-0.2, -0.15) is 0 Å². The first kappa shape index (κ1) is 15.8. The first-order valence-electron chi connectivity index (χ1n) is 6.90. The van der Waals surface area contributed by atoms with Crippen LogP contribution < -0.4 is 0 Å². The van der Waals surface area contributed by atoms with Gasteiger partial charge in [0.2, 0.25) is 11.8 Å². The highest BCUT2D eigenvalue weighted by Gasteiger charge is 2.14. The van der Waals surface area contributed by atoms with Crippen molar-refractivity contribution in [3.8, 4) is 11.5 Å². The molecule has 3 rings (SSSR count). The zero-order chi connectivity index (χ0) is 16.2. The van der Waals surface area contributed by atoms with Crippen molar-refractivity contribution in [3.63, 3.8) is 0 Å². The van der Waals surface area contributed by atoms with E-state index < -0.39 is 0 Å². The molecule has 0 N–H and O–H groups in total. The van der Waals surface area contributed by atoms with Gasteiger partial charge in [-0.05, 0) is 19.1 Å². The summed E-state index contributed by atoms with van der Waals surface area (Å²) in [7, 11) is 0. The zero-order valence-electron chi connectivity index (χ0n) is 12.4. The Morgan fingerprint density at radius 1 is 1.26 bits per heavy atom. The molecule has 8 heteroatoms. The Hall–Kier alpha value is -2.12. The number of hydrogen-bond acceptors (Lipinski definition) is 6. The highest BCUT2D eigenvalue weighted by Crippen LogP contribution is 2.28. The van der Waals surface area contributed by atoms with Gasteiger partial charge in [-0.3, -0.25) is 0 Å². The van der Waals surface area contributed by atoms with Gasteiger partial charge < -0.3 is 8.98 Å². The minimum Gasteiger partial charge on any atom is -0.420 e. The molecular weight excluding hydrogens is 334 g/mol. The smallest absolute Gasteiger partial charge is 0.249 e. The molecule has 6 nitrogen and oxygen atoms in total. The summed E-state index contributed by atoms with van der Waals surface area (Å²) in [5.74, 6) is 2.27. The summed E-state index contributed by atoms with van der Waals surface area (Å²) < 4.78 is 7.65. The number of allylic oxidation sites excluding steroid dienone is 1. The van der Waals surface area contributed by atoms with Crippen molar-refractivity contribution < 1.29 is 4.42 Å². The van der Waals surface area contributed by atoms with Crippen LogP contribution in [0.15, 0.2) is 46.5 Å². The van der Waals surface area contributed by atoms with Gasteiger partial charge >= 0.3 is 0 Å². The number of halogens is 1. The molecule has 3 aromatic rings. The summed E-state index contributed by atoms with van der Waals surface area (Å²) in [6, 6.07) is 7.36. The molecule has 0 saturated heterocycles. The molecule has 0 amide bonds. The lowest BCUT2D eigenvalue weighted by Gasteiger charge is -2.03. The molecule has 0 aliphatic rings. The monoisotopic (exact) mass is 347 g/mol. The maximum atomic E-state index is 6.14. The lowest BCUT2D eigenvalue weighted by molar-refractivity contribution is 0.528. The Bertz CT molecular complexity index is 829. The summed E-state index contributed by atoms with van der Waals surface area (Å²) in [5, 5.41) is 17.7. The third-order valence-corrected chi connectivity index (χ3v) is 4.39. The third-order valence-electron chi connectivity index (χ3n) is 3.11. The summed E-state index contributed by atoms with van der Waals surface area (Å²) in [6.45, 7) is 6.31. The van der Waals surface area contributed by atoms with E-state index in [2.05, 4.69) is 27.0 Å². The number of thioether (sulfide) groups is 1. The van der Waals surface area contributed by atoms with E-state index in [1.165, 1.54) is 11.8 Å². The van der Waals surface area contributed by atoms with Crippen LogP contribution in [0.4, 0.5) is 0 Å². The van der Waals surface area contributed by atoms with Crippen molar-refractivity contribution in [1.82, 2.24) is 25.0 Å². The Kier molecular flexibility index (Phi) is 4.78. The predicted octanol–water partition coefficient (Wildman–Crippen LogP) is 3.77. The van der Waals surface area contributed by atoms with Crippen LogP contribution in [0.1, 0.15) is 11.7 Å². The molecule has 0 saturated carbocycles. The van der Waals surface area contributed by atoms with Crippen molar-refractivity contribution >= 4 is 23.4 Å². The molecule has 0 fully saturated rings. The van der Waals surface area contributed by atoms with Gasteiger partial charge in [0.15, 0.2) is 5.16 Å². The molecule has 0 aliphatic carbocycles. The van der Waals surface area contributed by atoms with Gasteiger partial charge in [0.25, 0.3) is 0 Å². The van der Waals surface area contributed by atoms with E-state index in [1.54, 1.807) is 6.07 Å². The zero-order valence-corrected chi connectivity index (χ0v) is 14.0. The van der Waals surface area contributed by atoms with Gasteiger partial charge in [-0.25, -0.2) is 0 Å². The van der Waals surface area contributed by atoms with E-state index in [0.29, 0.717) is 29.1 Å². The fourth-order valence-electron chi connectivity index (χ4n) is 1.99. The van der Waals surface area contributed by atoms with E-state index in [-0.39, 0.29) is 0 Å². The second-order valence-corrected chi connectivity index (χ2v) is 6.05. The van der Waals surface area contributed by atoms with E-state index in [1.807, 2.05) is 35.8 Å². The normalized spacial score (nSPS) is 10.9. The van der Waals surface area contributed by atoms with Crippen LogP contribution in [0.2, 0.25) is 5.02 Å². The average molecular weight is 348 g/mol. The molecule has 23 heavy (non-hydrogen) atoms. The Morgan fingerprint density at radius 2 is 2.09 bits per heavy atom. The second-order valence-electron chi connectivity index (χ2n) is 4.70. The van der Waals surface area contributed by atoms with Gasteiger partial charge in [-0.1, -0.05) is 41.6 Å². The maximum Gasteiger partial charge on any atom is 0.249 e. The molecule has 2 aromatic heterocycles. The number of nitrogens with zero attached hydrogens (tertiary/aromatic N) is 5. The Balaban J connectivity index is 1.73. The number of benzene rings is 1. The standard InChI is InChI=1S/C15H14ClN5OS/c1-3-8-21-10(2)17-20-15(21)23-9-13-18-19-14(22-13)11-6-4-5-7-12(11)16/h3-7H,1,8-9H2,2H3. The molecular formula is C15H14ClN5OS. The number of hydrogen-bond donors (Lipinski definition) is 0. The van der Waals surface area contributed by atoms with E-state index in [4.69, 9.17) is 16.0 Å². The maximum absolute atomic E-state index is 6.14. The lowest BCUT2D eigenvalue weighted by atomic mass is 10.2. The number of aromatic nitrogens is 5. The highest BCUT2D eigenvalue weighted by molar-refractivity contribution is 7.98. The van der Waals surface area contributed by atoms with Gasteiger partial charge in [0.05, 0.1) is 16.3 Å². The fraction of sp³-hybridized carbons (Fsp3) is 0.200. The molecule has 0 atom stereocenters. The van der Waals surface area contributed by atoms with Crippen molar-refractivity contribution in [2.45, 2.75) is 24.4 Å². The van der Waals surface area contributed by atoms with E-state index >= 15 is 0 Å². The highest BCUT2D eigenvalue weighted by atomic mass is 35.5. The molecule has 1 aromatic carbocycles. The van der Waals surface area contributed by atoms with Gasteiger partial charge in [0.1, 0.15) is 5.82 Å². The Labute approximate surface area is 142 Å². The van der Waals surface area contributed by atoms with Crippen molar-refractivity contribution in [1.29, 1.82) is 0 Å². The number of aryl methyl sites for hydroxylation is 1. The molecule has 0 radical (unpaired) electrons. The second kappa shape index (κ2) is 6.97. The molecule has 2 heterocycles. The third kappa shape index (κ3) is 3.46. The van der Waals surface area contributed by atoms with E-state index in [0.717, 1.165) is 16.5 Å². The van der Waals surface area contributed by atoms with Crippen LogP contribution in [0.25, 0.3) is 11.5 Å². The minimum atomic E-state index is 0.412. The van der Waals surface area contributed by atoms with Crippen molar-refractivity contribution in [2.75, 3.05) is 0 Å². The van der Waals surface area contributed by atoms with E-state index in [9.17, 15) is 0 Å². The largest absolute Gasteiger partial charge is 0.420 e. The van der Waals surface area contributed by atoms with Crippen LogP contribution in [0.5, 0.6) is 0 Å². The summed E-state index contributed by atoms with van der Waals surface area (Å²) >= 11 is 7.62. The molecule has 0 spiro atoms. The van der Waals surface area contributed by atoms with Crippen LogP contribution in [-0.2, 0) is 12.3 Å². The van der Waals surface area contributed by atoms with Crippen LogP contribution in [-0.4, -0.2) is 25.0 Å². The van der Waals surface area contributed by atoms with Crippen molar-refractivity contribution in [2.24, 2.45) is 0 Å². The molecule has 0 bridgehead atoms.